The second kappa shape index (κ2) is 7.60. The Morgan fingerprint density at radius 2 is 2.30 bits per heavy atom. The average molecular weight is 278 g/mol. The molecule has 1 aromatic heterocycles. The van der Waals surface area contributed by atoms with E-state index < -0.39 is 0 Å². The molecule has 0 bridgehead atoms. The lowest BCUT2D eigenvalue weighted by Crippen LogP contribution is -2.22. The Morgan fingerprint density at radius 1 is 1.45 bits per heavy atom. The van der Waals surface area contributed by atoms with Gasteiger partial charge >= 0.3 is 0 Å². The molecule has 0 saturated carbocycles. The standard InChI is InChI=1S/C16H26N2O2/c1-4-15-7-14(9-17-12(2)3)8-16(18-15)20-11-13-5-6-19-10-13/h7-8,12-13,17H,4-6,9-11H2,1-3H3. The summed E-state index contributed by atoms with van der Waals surface area (Å²) in [5.41, 5.74) is 2.33. The summed E-state index contributed by atoms with van der Waals surface area (Å²) in [4.78, 5) is 4.55. The Labute approximate surface area is 121 Å². The van der Waals surface area contributed by atoms with Crippen LogP contribution in [0.2, 0.25) is 0 Å². The summed E-state index contributed by atoms with van der Waals surface area (Å²) in [6, 6.07) is 4.68. The van der Waals surface area contributed by atoms with E-state index in [0.717, 1.165) is 44.2 Å². The molecule has 4 nitrogen and oxygen atoms in total. The van der Waals surface area contributed by atoms with E-state index >= 15 is 0 Å². The van der Waals surface area contributed by atoms with Gasteiger partial charge in [0.15, 0.2) is 0 Å². The van der Waals surface area contributed by atoms with Crippen LogP contribution in [0.5, 0.6) is 5.88 Å². The fourth-order valence-electron chi connectivity index (χ4n) is 2.22. The van der Waals surface area contributed by atoms with Gasteiger partial charge in [0, 0.05) is 36.9 Å². The topological polar surface area (TPSA) is 43.4 Å². The van der Waals surface area contributed by atoms with Gasteiger partial charge in [0.25, 0.3) is 0 Å². The Morgan fingerprint density at radius 3 is 2.95 bits per heavy atom. The van der Waals surface area contributed by atoms with Crippen LogP contribution in [0.25, 0.3) is 0 Å². The molecule has 1 fully saturated rings. The average Bonchev–Trinajstić information content (AvgIpc) is 2.96. The smallest absolute Gasteiger partial charge is 0.213 e. The zero-order valence-corrected chi connectivity index (χ0v) is 12.8. The summed E-state index contributed by atoms with van der Waals surface area (Å²) in [5.74, 6) is 1.26. The second-order valence-corrected chi connectivity index (χ2v) is 5.73. The van der Waals surface area contributed by atoms with Crippen LogP contribution in [-0.2, 0) is 17.7 Å². The third-order valence-electron chi connectivity index (χ3n) is 3.48. The Hall–Kier alpha value is -1.13. The van der Waals surface area contributed by atoms with E-state index in [4.69, 9.17) is 9.47 Å². The van der Waals surface area contributed by atoms with Crippen molar-refractivity contribution in [2.24, 2.45) is 5.92 Å². The van der Waals surface area contributed by atoms with Crippen molar-refractivity contribution in [3.63, 3.8) is 0 Å². The molecule has 1 aliphatic rings. The van der Waals surface area contributed by atoms with Crippen LogP contribution >= 0.6 is 0 Å². The first-order valence-corrected chi connectivity index (χ1v) is 7.61. The number of aromatic nitrogens is 1. The van der Waals surface area contributed by atoms with Crippen LogP contribution in [0.1, 0.15) is 38.4 Å². The van der Waals surface area contributed by atoms with E-state index in [9.17, 15) is 0 Å². The monoisotopic (exact) mass is 278 g/mol. The number of aryl methyl sites for hydroxylation is 1. The molecule has 2 heterocycles. The van der Waals surface area contributed by atoms with Gasteiger partial charge in [0.2, 0.25) is 5.88 Å². The first-order chi connectivity index (χ1) is 9.67. The van der Waals surface area contributed by atoms with Crippen LogP contribution in [0.15, 0.2) is 12.1 Å². The normalized spacial score (nSPS) is 18.7. The molecule has 0 aliphatic carbocycles. The summed E-state index contributed by atoms with van der Waals surface area (Å²) in [6.07, 6.45) is 2.02. The van der Waals surface area contributed by atoms with Gasteiger partial charge in [-0.15, -0.1) is 0 Å². The van der Waals surface area contributed by atoms with Gasteiger partial charge in [0.05, 0.1) is 13.2 Å². The number of hydrogen-bond acceptors (Lipinski definition) is 4. The minimum Gasteiger partial charge on any atom is -0.477 e. The number of ether oxygens (including phenoxy) is 2. The number of nitrogens with zero attached hydrogens (tertiary/aromatic N) is 1. The molecule has 1 N–H and O–H groups in total. The Kier molecular flexibility index (Phi) is 5.80. The van der Waals surface area contributed by atoms with E-state index in [1.54, 1.807) is 0 Å². The lowest BCUT2D eigenvalue weighted by molar-refractivity contribution is 0.165. The number of hydrogen-bond donors (Lipinski definition) is 1. The molecule has 1 unspecified atom stereocenters. The number of nitrogens with one attached hydrogen (secondary N) is 1. The maximum absolute atomic E-state index is 5.86. The quantitative estimate of drug-likeness (QED) is 0.832. The van der Waals surface area contributed by atoms with Gasteiger partial charge in [-0.3, -0.25) is 0 Å². The highest BCUT2D eigenvalue weighted by atomic mass is 16.5. The zero-order chi connectivity index (χ0) is 14.4. The van der Waals surface area contributed by atoms with E-state index in [1.807, 2.05) is 6.07 Å². The maximum Gasteiger partial charge on any atom is 0.213 e. The van der Waals surface area contributed by atoms with Crippen molar-refractivity contribution in [2.75, 3.05) is 19.8 Å². The maximum atomic E-state index is 5.86. The van der Waals surface area contributed by atoms with Crippen molar-refractivity contribution in [3.8, 4) is 5.88 Å². The van der Waals surface area contributed by atoms with E-state index in [1.165, 1.54) is 5.56 Å². The van der Waals surface area contributed by atoms with E-state index in [2.05, 4.69) is 37.1 Å². The van der Waals surface area contributed by atoms with Gasteiger partial charge < -0.3 is 14.8 Å². The molecule has 1 aromatic rings. The van der Waals surface area contributed by atoms with Crippen molar-refractivity contribution >= 4 is 0 Å². The zero-order valence-electron chi connectivity index (χ0n) is 12.8. The van der Waals surface area contributed by atoms with E-state index in [-0.39, 0.29) is 0 Å². The summed E-state index contributed by atoms with van der Waals surface area (Å²) in [5, 5.41) is 3.43. The molecule has 20 heavy (non-hydrogen) atoms. The van der Waals surface area contributed by atoms with Crippen molar-refractivity contribution in [1.82, 2.24) is 10.3 Å². The Bertz CT molecular complexity index is 415. The highest BCUT2D eigenvalue weighted by Gasteiger charge is 2.16. The van der Waals surface area contributed by atoms with Crippen LogP contribution in [0, 0.1) is 5.92 Å². The molecule has 2 rings (SSSR count). The van der Waals surface area contributed by atoms with Gasteiger partial charge in [0.1, 0.15) is 0 Å². The first kappa shape index (κ1) is 15.3. The third-order valence-corrected chi connectivity index (χ3v) is 3.48. The molecule has 0 spiro atoms. The predicted molar refractivity (Wildman–Crippen MR) is 80.0 cm³/mol. The fraction of sp³-hybridized carbons (Fsp3) is 0.688. The lowest BCUT2D eigenvalue weighted by atomic mass is 10.1. The number of pyridine rings is 1. The molecular weight excluding hydrogens is 252 g/mol. The molecule has 1 saturated heterocycles. The van der Waals surface area contributed by atoms with Gasteiger partial charge in [-0.05, 0) is 24.5 Å². The summed E-state index contributed by atoms with van der Waals surface area (Å²) >= 11 is 0. The molecular formula is C16H26N2O2. The molecule has 0 amide bonds. The third kappa shape index (κ3) is 4.76. The number of rotatable bonds is 7. The SMILES string of the molecule is CCc1cc(CNC(C)C)cc(OCC2CCOC2)n1. The van der Waals surface area contributed by atoms with Crippen molar-refractivity contribution in [1.29, 1.82) is 0 Å². The molecule has 112 valence electrons. The van der Waals surface area contributed by atoms with Crippen molar-refractivity contribution < 1.29 is 9.47 Å². The molecule has 1 atom stereocenters. The van der Waals surface area contributed by atoms with Crippen LogP contribution in [0.3, 0.4) is 0 Å². The molecule has 1 aliphatic heterocycles. The predicted octanol–water partition coefficient (Wildman–Crippen LogP) is 2.56. The fourth-order valence-corrected chi connectivity index (χ4v) is 2.22. The largest absolute Gasteiger partial charge is 0.477 e. The second-order valence-electron chi connectivity index (χ2n) is 5.73. The minimum atomic E-state index is 0.480. The first-order valence-electron chi connectivity index (χ1n) is 7.61. The van der Waals surface area contributed by atoms with E-state index in [0.29, 0.717) is 18.6 Å². The summed E-state index contributed by atoms with van der Waals surface area (Å²) < 4.78 is 11.2. The van der Waals surface area contributed by atoms with Gasteiger partial charge in [-0.1, -0.05) is 20.8 Å². The van der Waals surface area contributed by atoms with Gasteiger partial charge in [-0.2, -0.15) is 0 Å². The minimum absolute atomic E-state index is 0.480. The van der Waals surface area contributed by atoms with Crippen LogP contribution in [-0.4, -0.2) is 30.8 Å². The summed E-state index contributed by atoms with van der Waals surface area (Å²) in [6.45, 7) is 9.66. The molecule has 4 heteroatoms. The highest BCUT2D eigenvalue weighted by Crippen LogP contribution is 2.17. The summed E-state index contributed by atoms with van der Waals surface area (Å²) in [7, 11) is 0. The van der Waals surface area contributed by atoms with Crippen molar-refractivity contribution in [2.45, 2.75) is 46.2 Å². The molecule has 0 aromatic carbocycles. The Balaban J connectivity index is 1.96. The van der Waals surface area contributed by atoms with Crippen molar-refractivity contribution in [3.05, 3.63) is 23.4 Å². The van der Waals surface area contributed by atoms with Crippen LogP contribution in [0.4, 0.5) is 0 Å². The van der Waals surface area contributed by atoms with Crippen LogP contribution < -0.4 is 10.1 Å². The highest BCUT2D eigenvalue weighted by molar-refractivity contribution is 5.25. The lowest BCUT2D eigenvalue weighted by Gasteiger charge is -2.13. The molecule has 0 radical (unpaired) electrons. The van der Waals surface area contributed by atoms with Gasteiger partial charge in [-0.25, -0.2) is 4.98 Å².